The molecule has 0 radical (unpaired) electrons. The van der Waals surface area contributed by atoms with E-state index in [1.54, 1.807) is 0 Å². The second-order valence-corrected chi connectivity index (χ2v) is 7.75. The molecule has 1 aliphatic carbocycles. The van der Waals surface area contributed by atoms with Crippen molar-refractivity contribution < 1.29 is 8.42 Å². The zero-order chi connectivity index (χ0) is 12.9. The second-order valence-electron chi connectivity index (χ2n) is 5.91. The van der Waals surface area contributed by atoms with Crippen molar-refractivity contribution in [2.75, 3.05) is 19.3 Å². The predicted octanol–water partition coefficient (Wildman–Crippen LogP) is 1.48. The Balaban J connectivity index is 2.05. The van der Waals surface area contributed by atoms with E-state index >= 15 is 0 Å². The van der Waals surface area contributed by atoms with Gasteiger partial charge in [0.05, 0.1) is 6.26 Å². The zero-order valence-electron chi connectivity index (χ0n) is 11.3. The molecule has 0 aliphatic heterocycles. The highest BCUT2D eigenvalue weighted by Crippen LogP contribution is 2.34. The molecule has 2 N–H and O–H groups in total. The van der Waals surface area contributed by atoms with Crippen LogP contribution in [0.1, 0.15) is 46.0 Å². The highest BCUT2D eigenvalue weighted by Gasteiger charge is 2.26. The van der Waals surface area contributed by atoms with Crippen molar-refractivity contribution in [3.63, 3.8) is 0 Å². The molecule has 0 atom stereocenters. The Morgan fingerprint density at radius 1 is 1.18 bits per heavy atom. The van der Waals surface area contributed by atoms with E-state index in [0.29, 0.717) is 18.0 Å². The number of nitrogens with one attached hydrogen (secondary N) is 2. The third kappa shape index (κ3) is 7.01. The maximum atomic E-state index is 10.8. The lowest BCUT2D eigenvalue weighted by molar-refractivity contribution is 0.207. The maximum Gasteiger partial charge on any atom is 0.208 e. The molecule has 0 spiro atoms. The standard InChI is InChI=1S/C12H26N2O2S/c1-12(2)7-5-11(6-8-12)13-9-4-10-14-17(3,15)16/h11,13-14H,4-10H2,1-3H3. The molecule has 1 saturated carbocycles. The van der Waals surface area contributed by atoms with Gasteiger partial charge >= 0.3 is 0 Å². The Morgan fingerprint density at radius 3 is 2.29 bits per heavy atom. The maximum absolute atomic E-state index is 10.8. The van der Waals surface area contributed by atoms with Gasteiger partial charge in [0.1, 0.15) is 0 Å². The number of hydrogen-bond acceptors (Lipinski definition) is 3. The molecule has 5 heteroatoms. The summed E-state index contributed by atoms with van der Waals surface area (Å²) in [5.74, 6) is 0. The molecule has 0 aromatic rings. The summed E-state index contributed by atoms with van der Waals surface area (Å²) in [5, 5.41) is 3.51. The van der Waals surface area contributed by atoms with E-state index in [1.165, 1.54) is 31.9 Å². The molecule has 4 nitrogen and oxygen atoms in total. The smallest absolute Gasteiger partial charge is 0.208 e. The van der Waals surface area contributed by atoms with Gasteiger partial charge in [-0.05, 0) is 44.1 Å². The Morgan fingerprint density at radius 2 is 1.76 bits per heavy atom. The molecule has 0 heterocycles. The molecule has 0 unspecified atom stereocenters. The van der Waals surface area contributed by atoms with Gasteiger partial charge in [-0.1, -0.05) is 13.8 Å². The van der Waals surface area contributed by atoms with Crippen LogP contribution in [-0.2, 0) is 10.0 Å². The van der Waals surface area contributed by atoms with Crippen LogP contribution in [0.3, 0.4) is 0 Å². The van der Waals surface area contributed by atoms with Gasteiger partial charge in [0.25, 0.3) is 0 Å². The first-order chi connectivity index (χ1) is 7.79. The fourth-order valence-corrected chi connectivity index (χ4v) is 2.77. The Labute approximate surface area is 106 Å². The van der Waals surface area contributed by atoms with Gasteiger partial charge in [-0.25, -0.2) is 13.1 Å². The molecule has 0 aromatic carbocycles. The second kappa shape index (κ2) is 6.16. The highest BCUT2D eigenvalue weighted by atomic mass is 32.2. The number of hydrogen-bond donors (Lipinski definition) is 2. The van der Waals surface area contributed by atoms with E-state index in [4.69, 9.17) is 0 Å². The van der Waals surface area contributed by atoms with E-state index in [0.717, 1.165) is 13.0 Å². The fourth-order valence-electron chi connectivity index (χ4n) is 2.26. The van der Waals surface area contributed by atoms with Crippen LogP contribution >= 0.6 is 0 Å². The molecular formula is C12H26N2O2S. The highest BCUT2D eigenvalue weighted by molar-refractivity contribution is 7.88. The first-order valence-electron chi connectivity index (χ1n) is 6.47. The van der Waals surface area contributed by atoms with Crippen LogP contribution in [0, 0.1) is 5.41 Å². The van der Waals surface area contributed by atoms with Crippen molar-refractivity contribution in [2.24, 2.45) is 5.41 Å². The summed E-state index contributed by atoms with van der Waals surface area (Å²) in [6.45, 7) is 6.09. The first-order valence-corrected chi connectivity index (χ1v) is 8.36. The SMILES string of the molecule is CC1(C)CCC(NCCCNS(C)(=O)=O)CC1. The average molecular weight is 262 g/mol. The minimum atomic E-state index is -3.02. The van der Waals surface area contributed by atoms with Crippen LogP contribution < -0.4 is 10.0 Å². The monoisotopic (exact) mass is 262 g/mol. The van der Waals surface area contributed by atoms with E-state index in [-0.39, 0.29) is 0 Å². The third-order valence-electron chi connectivity index (χ3n) is 3.49. The lowest BCUT2D eigenvalue weighted by Gasteiger charge is -2.34. The summed E-state index contributed by atoms with van der Waals surface area (Å²) in [4.78, 5) is 0. The van der Waals surface area contributed by atoms with E-state index in [1.807, 2.05) is 0 Å². The van der Waals surface area contributed by atoms with Gasteiger partial charge in [-0.2, -0.15) is 0 Å². The molecule has 17 heavy (non-hydrogen) atoms. The molecule has 1 fully saturated rings. The van der Waals surface area contributed by atoms with Crippen molar-refractivity contribution in [3.05, 3.63) is 0 Å². The summed E-state index contributed by atoms with van der Waals surface area (Å²) in [7, 11) is -3.02. The fraction of sp³-hybridized carbons (Fsp3) is 1.00. The topological polar surface area (TPSA) is 58.2 Å². The van der Waals surface area contributed by atoms with Crippen molar-refractivity contribution in [3.8, 4) is 0 Å². The van der Waals surface area contributed by atoms with Crippen LogP contribution in [-0.4, -0.2) is 33.8 Å². The van der Waals surface area contributed by atoms with Crippen molar-refractivity contribution in [2.45, 2.75) is 52.0 Å². The zero-order valence-corrected chi connectivity index (χ0v) is 12.1. The van der Waals surface area contributed by atoms with Gasteiger partial charge in [0.2, 0.25) is 10.0 Å². The first kappa shape index (κ1) is 14.9. The third-order valence-corrected chi connectivity index (χ3v) is 4.22. The normalized spacial score (nSPS) is 21.6. The van der Waals surface area contributed by atoms with Gasteiger partial charge in [0.15, 0.2) is 0 Å². The van der Waals surface area contributed by atoms with E-state index in [9.17, 15) is 8.42 Å². The average Bonchev–Trinajstić information content (AvgIpc) is 2.18. The summed E-state index contributed by atoms with van der Waals surface area (Å²) in [6.07, 6.45) is 7.11. The van der Waals surface area contributed by atoms with Crippen LogP contribution in [0.5, 0.6) is 0 Å². The Kier molecular flexibility index (Phi) is 5.41. The van der Waals surface area contributed by atoms with Crippen molar-refractivity contribution in [1.29, 1.82) is 0 Å². The lowest BCUT2D eigenvalue weighted by atomic mass is 9.75. The van der Waals surface area contributed by atoms with Crippen LogP contribution in [0.4, 0.5) is 0 Å². The predicted molar refractivity (Wildman–Crippen MR) is 71.5 cm³/mol. The summed E-state index contributed by atoms with van der Waals surface area (Å²) < 4.78 is 24.2. The number of sulfonamides is 1. The van der Waals surface area contributed by atoms with Crippen molar-refractivity contribution >= 4 is 10.0 Å². The molecule has 0 aromatic heterocycles. The van der Waals surface area contributed by atoms with Gasteiger partial charge in [-0.3, -0.25) is 0 Å². The molecule has 1 aliphatic rings. The molecule has 0 bridgehead atoms. The molecule has 0 saturated heterocycles. The summed E-state index contributed by atoms with van der Waals surface area (Å²) >= 11 is 0. The number of rotatable bonds is 6. The van der Waals surface area contributed by atoms with Crippen molar-refractivity contribution in [1.82, 2.24) is 10.0 Å². The van der Waals surface area contributed by atoms with E-state index in [2.05, 4.69) is 23.9 Å². The Bertz CT molecular complexity index is 315. The van der Waals surface area contributed by atoms with Crippen LogP contribution in [0.15, 0.2) is 0 Å². The summed E-state index contributed by atoms with van der Waals surface area (Å²) in [6, 6.07) is 0.626. The summed E-state index contributed by atoms with van der Waals surface area (Å²) in [5.41, 5.74) is 0.510. The van der Waals surface area contributed by atoms with Gasteiger partial charge < -0.3 is 5.32 Å². The molecule has 102 valence electrons. The molecule has 0 amide bonds. The van der Waals surface area contributed by atoms with Gasteiger partial charge in [0, 0.05) is 12.6 Å². The van der Waals surface area contributed by atoms with E-state index < -0.39 is 10.0 Å². The largest absolute Gasteiger partial charge is 0.314 e. The van der Waals surface area contributed by atoms with Crippen LogP contribution in [0.25, 0.3) is 0 Å². The molecule has 1 rings (SSSR count). The lowest BCUT2D eigenvalue weighted by Crippen LogP contribution is -2.37. The Hall–Kier alpha value is -0.130. The quantitative estimate of drug-likeness (QED) is 0.713. The molecular weight excluding hydrogens is 236 g/mol. The van der Waals surface area contributed by atoms with Gasteiger partial charge in [-0.15, -0.1) is 0 Å². The van der Waals surface area contributed by atoms with Crippen LogP contribution in [0.2, 0.25) is 0 Å². The minimum absolute atomic E-state index is 0.510. The minimum Gasteiger partial charge on any atom is -0.314 e.